The van der Waals surface area contributed by atoms with Gasteiger partial charge in [0.25, 0.3) is 0 Å². The van der Waals surface area contributed by atoms with Crippen LogP contribution in [0.25, 0.3) is 0 Å². The van der Waals surface area contributed by atoms with Crippen molar-refractivity contribution in [2.45, 2.75) is 31.7 Å². The highest BCUT2D eigenvalue weighted by molar-refractivity contribution is 6.04. The second-order valence-corrected chi connectivity index (χ2v) is 4.22. The molecule has 0 aromatic carbocycles. The summed E-state index contributed by atoms with van der Waals surface area (Å²) in [5.41, 5.74) is 5.79. The molecule has 0 atom stereocenters. The van der Waals surface area contributed by atoms with Gasteiger partial charge in [0.05, 0.1) is 11.8 Å². The number of carbonyl (C=O) groups is 1. The zero-order valence-electron chi connectivity index (χ0n) is 9.81. The number of amidine groups is 1. The van der Waals surface area contributed by atoms with Gasteiger partial charge in [-0.1, -0.05) is 18.0 Å². The van der Waals surface area contributed by atoms with Crippen LogP contribution in [-0.2, 0) is 0 Å². The molecule has 1 aliphatic rings. The molecule has 1 aliphatic carbocycles. The number of nitrogens with zero attached hydrogens (tertiary/aromatic N) is 2. The maximum absolute atomic E-state index is 11.7. The summed E-state index contributed by atoms with van der Waals surface area (Å²) in [5, 5.41) is 23.2. The Morgan fingerprint density at radius 2 is 2.28 bits per heavy atom. The van der Waals surface area contributed by atoms with Crippen molar-refractivity contribution in [2.24, 2.45) is 10.9 Å². The van der Waals surface area contributed by atoms with Crippen molar-refractivity contribution in [1.82, 2.24) is 15.5 Å². The number of H-pyrrole nitrogens is 1. The number of anilines is 1. The quantitative estimate of drug-likeness (QED) is 0.233. The van der Waals surface area contributed by atoms with Gasteiger partial charge in [0.15, 0.2) is 5.84 Å². The number of aromatic amines is 1. The Morgan fingerprint density at radius 3 is 2.94 bits per heavy atom. The molecule has 2 rings (SSSR count). The van der Waals surface area contributed by atoms with Gasteiger partial charge in [-0.25, -0.2) is 4.79 Å². The molecule has 8 nitrogen and oxygen atoms in total. The molecule has 98 valence electrons. The first-order valence-corrected chi connectivity index (χ1v) is 5.79. The van der Waals surface area contributed by atoms with E-state index in [2.05, 4.69) is 26.0 Å². The summed E-state index contributed by atoms with van der Waals surface area (Å²) >= 11 is 0. The van der Waals surface area contributed by atoms with Crippen molar-refractivity contribution in [2.75, 3.05) is 5.32 Å². The van der Waals surface area contributed by atoms with Crippen LogP contribution in [0.15, 0.2) is 11.4 Å². The number of oxime groups is 1. The third-order valence-electron chi connectivity index (χ3n) is 2.95. The smallest absolute Gasteiger partial charge is 0.320 e. The van der Waals surface area contributed by atoms with Gasteiger partial charge in [0.1, 0.15) is 5.82 Å². The van der Waals surface area contributed by atoms with E-state index in [9.17, 15) is 4.79 Å². The molecule has 0 spiro atoms. The summed E-state index contributed by atoms with van der Waals surface area (Å²) < 4.78 is 0. The Labute approximate surface area is 104 Å². The monoisotopic (exact) mass is 252 g/mol. The predicted octanol–water partition coefficient (Wildman–Crippen LogP) is 0.568. The highest BCUT2D eigenvalue weighted by Crippen LogP contribution is 2.18. The molecule has 1 aromatic rings. The summed E-state index contributed by atoms with van der Waals surface area (Å²) in [7, 11) is 0. The summed E-state index contributed by atoms with van der Waals surface area (Å²) in [6.45, 7) is 0. The lowest BCUT2D eigenvalue weighted by Gasteiger charge is -2.12. The van der Waals surface area contributed by atoms with E-state index in [-0.39, 0.29) is 17.9 Å². The number of urea groups is 1. The van der Waals surface area contributed by atoms with Crippen LogP contribution in [0.1, 0.15) is 31.2 Å². The highest BCUT2D eigenvalue weighted by Gasteiger charge is 2.18. The zero-order chi connectivity index (χ0) is 13.0. The van der Waals surface area contributed by atoms with Crippen LogP contribution >= 0.6 is 0 Å². The fourth-order valence-corrected chi connectivity index (χ4v) is 2.03. The van der Waals surface area contributed by atoms with Gasteiger partial charge in [0, 0.05) is 6.04 Å². The van der Waals surface area contributed by atoms with Gasteiger partial charge in [-0.2, -0.15) is 5.10 Å². The predicted molar refractivity (Wildman–Crippen MR) is 65.5 cm³/mol. The summed E-state index contributed by atoms with van der Waals surface area (Å²) in [6, 6.07) is -0.0987. The number of hydrogen-bond acceptors (Lipinski definition) is 4. The Morgan fingerprint density at radius 1 is 1.56 bits per heavy atom. The molecule has 8 heteroatoms. The second-order valence-electron chi connectivity index (χ2n) is 4.22. The van der Waals surface area contributed by atoms with E-state index in [0.29, 0.717) is 11.4 Å². The molecule has 0 bridgehead atoms. The number of carbonyl (C=O) groups excluding carboxylic acids is 1. The summed E-state index contributed by atoms with van der Waals surface area (Å²) in [4.78, 5) is 11.7. The number of rotatable bonds is 3. The molecule has 0 saturated heterocycles. The largest absolute Gasteiger partial charge is 0.409 e. The molecule has 6 N–H and O–H groups in total. The molecule has 1 heterocycles. The van der Waals surface area contributed by atoms with Crippen LogP contribution in [0, 0.1) is 0 Å². The summed E-state index contributed by atoms with van der Waals surface area (Å²) in [5.74, 6) is 0.195. The molecule has 0 unspecified atom stereocenters. The number of aromatic nitrogens is 2. The number of hydrogen-bond donors (Lipinski definition) is 5. The summed E-state index contributed by atoms with van der Waals surface area (Å²) in [6.07, 6.45) is 5.67. The minimum absolute atomic E-state index is 0.111. The lowest BCUT2D eigenvalue weighted by Crippen LogP contribution is -2.36. The zero-order valence-corrected chi connectivity index (χ0v) is 9.81. The lowest BCUT2D eigenvalue weighted by atomic mass is 10.2. The molecular weight excluding hydrogens is 236 g/mol. The van der Waals surface area contributed by atoms with Crippen molar-refractivity contribution >= 4 is 17.7 Å². The van der Waals surface area contributed by atoms with E-state index >= 15 is 0 Å². The van der Waals surface area contributed by atoms with Crippen molar-refractivity contribution in [1.29, 1.82) is 0 Å². The fraction of sp³-hybridized carbons (Fsp3) is 0.500. The van der Waals surface area contributed by atoms with E-state index in [4.69, 9.17) is 10.9 Å². The second kappa shape index (κ2) is 5.39. The van der Waals surface area contributed by atoms with E-state index < -0.39 is 0 Å². The van der Waals surface area contributed by atoms with Crippen LogP contribution in [0.5, 0.6) is 0 Å². The van der Waals surface area contributed by atoms with Crippen LogP contribution in [0.3, 0.4) is 0 Å². The van der Waals surface area contributed by atoms with Crippen LogP contribution in [0.4, 0.5) is 10.6 Å². The van der Waals surface area contributed by atoms with Crippen LogP contribution < -0.4 is 16.4 Å². The average Bonchev–Trinajstić information content (AvgIpc) is 2.99. The minimum Gasteiger partial charge on any atom is -0.409 e. The van der Waals surface area contributed by atoms with Gasteiger partial charge in [0.2, 0.25) is 0 Å². The maximum Gasteiger partial charge on any atom is 0.320 e. The Kier molecular flexibility index (Phi) is 3.66. The van der Waals surface area contributed by atoms with E-state index in [1.807, 2.05) is 0 Å². The van der Waals surface area contributed by atoms with Gasteiger partial charge in [-0.05, 0) is 12.8 Å². The number of amides is 2. The minimum atomic E-state index is -0.321. The maximum atomic E-state index is 11.7. The third kappa shape index (κ3) is 2.70. The lowest BCUT2D eigenvalue weighted by molar-refractivity contribution is 0.248. The Hall–Kier alpha value is -2.25. The molecule has 1 saturated carbocycles. The topological polar surface area (TPSA) is 128 Å². The van der Waals surface area contributed by atoms with Crippen molar-refractivity contribution in [3.05, 3.63) is 11.8 Å². The Bertz CT molecular complexity index is 449. The fourth-order valence-electron chi connectivity index (χ4n) is 2.03. The molecule has 2 amide bonds. The highest BCUT2D eigenvalue weighted by atomic mass is 16.4. The first-order chi connectivity index (χ1) is 8.70. The van der Waals surface area contributed by atoms with Crippen molar-refractivity contribution in [3.8, 4) is 0 Å². The number of nitrogens with two attached hydrogens (primary N) is 1. The normalized spacial score (nSPS) is 16.8. The van der Waals surface area contributed by atoms with Gasteiger partial charge in [-0.3, -0.25) is 10.4 Å². The van der Waals surface area contributed by atoms with Crippen LogP contribution in [0.2, 0.25) is 0 Å². The van der Waals surface area contributed by atoms with Crippen LogP contribution in [-0.4, -0.2) is 33.3 Å². The van der Waals surface area contributed by atoms with E-state index in [1.54, 1.807) is 0 Å². The standard InChI is InChI=1S/C10H16N6O2/c11-8(16-18)7-5-12-15-9(7)14-10(17)13-6-3-1-2-4-6/h5-6,18H,1-4H2,(H2,11,16)(H3,12,13,14,15,17). The van der Waals surface area contributed by atoms with Gasteiger partial charge >= 0.3 is 6.03 Å². The first kappa shape index (κ1) is 12.2. The van der Waals surface area contributed by atoms with Gasteiger partial charge in [-0.15, -0.1) is 0 Å². The van der Waals surface area contributed by atoms with Crippen molar-refractivity contribution in [3.63, 3.8) is 0 Å². The average molecular weight is 252 g/mol. The van der Waals surface area contributed by atoms with E-state index in [0.717, 1.165) is 25.7 Å². The molecular formula is C10H16N6O2. The SMILES string of the molecule is NC(=NO)c1cn[nH]c1NC(=O)NC1CCCC1. The molecule has 0 aliphatic heterocycles. The molecule has 18 heavy (non-hydrogen) atoms. The molecule has 0 radical (unpaired) electrons. The first-order valence-electron chi connectivity index (χ1n) is 5.79. The Balaban J connectivity index is 1.96. The van der Waals surface area contributed by atoms with E-state index in [1.165, 1.54) is 6.20 Å². The van der Waals surface area contributed by atoms with Gasteiger partial charge < -0.3 is 16.3 Å². The van der Waals surface area contributed by atoms with Crippen molar-refractivity contribution < 1.29 is 10.0 Å². The number of nitrogens with one attached hydrogen (secondary N) is 3. The molecule has 1 aromatic heterocycles. The third-order valence-corrected chi connectivity index (χ3v) is 2.95. The molecule has 1 fully saturated rings.